The van der Waals surface area contributed by atoms with E-state index in [1.165, 1.54) is 11.3 Å². The number of hydrogen-bond acceptors (Lipinski definition) is 5. The van der Waals surface area contributed by atoms with Crippen LogP contribution >= 0.6 is 23.1 Å². The summed E-state index contributed by atoms with van der Waals surface area (Å²) in [6, 6.07) is 2.25. The molecule has 1 fully saturated rings. The van der Waals surface area contributed by atoms with Gasteiger partial charge in [0, 0.05) is 24.4 Å². The highest BCUT2D eigenvalue weighted by molar-refractivity contribution is 7.99. The summed E-state index contributed by atoms with van der Waals surface area (Å²) in [7, 11) is -3.35. The van der Waals surface area contributed by atoms with Gasteiger partial charge in [0.05, 0.1) is 0 Å². The Labute approximate surface area is 129 Å². The van der Waals surface area contributed by atoms with Crippen molar-refractivity contribution in [1.29, 1.82) is 0 Å². The van der Waals surface area contributed by atoms with Gasteiger partial charge in [0.25, 0.3) is 0 Å². The van der Waals surface area contributed by atoms with Crippen molar-refractivity contribution >= 4 is 33.1 Å². The summed E-state index contributed by atoms with van der Waals surface area (Å²) in [6.07, 6.45) is 2.03. The maximum absolute atomic E-state index is 12.3. The van der Waals surface area contributed by atoms with Gasteiger partial charge in [-0.3, -0.25) is 0 Å². The van der Waals surface area contributed by atoms with Crippen LogP contribution < -0.4 is 10.0 Å². The minimum atomic E-state index is -3.35. The van der Waals surface area contributed by atoms with Gasteiger partial charge in [-0.25, -0.2) is 13.1 Å². The van der Waals surface area contributed by atoms with E-state index in [1.807, 2.05) is 17.1 Å². The topological polar surface area (TPSA) is 58.2 Å². The molecule has 0 aliphatic carbocycles. The molecule has 2 heterocycles. The molecule has 1 aliphatic heterocycles. The van der Waals surface area contributed by atoms with Crippen LogP contribution in [0.3, 0.4) is 0 Å². The first-order valence-electron chi connectivity index (χ1n) is 6.88. The van der Waals surface area contributed by atoms with Crippen LogP contribution in [0.15, 0.2) is 15.7 Å². The molecule has 1 atom stereocenters. The van der Waals surface area contributed by atoms with E-state index in [2.05, 4.69) is 23.9 Å². The first-order chi connectivity index (χ1) is 9.47. The molecule has 4 nitrogen and oxygen atoms in total. The van der Waals surface area contributed by atoms with Crippen molar-refractivity contribution < 1.29 is 8.42 Å². The van der Waals surface area contributed by atoms with E-state index in [-0.39, 0.29) is 6.04 Å². The van der Waals surface area contributed by atoms with Crippen LogP contribution in [0.2, 0.25) is 0 Å². The molecule has 2 N–H and O–H groups in total. The highest BCUT2D eigenvalue weighted by Crippen LogP contribution is 2.23. The molecule has 20 heavy (non-hydrogen) atoms. The standard InChI is InChI=1S/C13H22N2O2S3/c1-10(2)14-7-11-6-13(19-8-11)20(16,17)15-12-4-3-5-18-9-12/h6,8,10,12,14-15H,3-5,7,9H2,1-2H3. The molecule has 1 aromatic rings. The van der Waals surface area contributed by atoms with Crippen molar-refractivity contribution in [3.63, 3.8) is 0 Å². The molecule has 0 spiro atoms. The Morgan fingerprint density at radius 3 is 2.90 bits per heavy atom. The zero-order valence-corrected chi connectivity index (χ0v) is 14.3. The smallest absolute Gasteiger partial charge is 0.250 e. The summed E-state index contributed by atoms with van der Waals surface area (Å²) >= 11 is 3.12. The van der Waals surface area contributed by atoms with Crippen molar-refractivity contribution in [2.75, 3.05) is 11.5 Å². The summed E-state index contributed by atoms with van der Waals surface area (Å²) in [6.45, 7) is 4.86. The third kappa shape index (κ3) is 4.73. The highest BCUT2D eigenvalue weighted by atomic mass is 32.2. The minimum absolute atomic E-state index is 0.0816. The Bertz CT molecular complexity index is 519. The average molecular weight is 335 g/mol. The molecule has 1 unspecified atom stereocenters. The molecule has 0 amide bonds. The Kier molecular flexibility index (Phi) is 5.92. The van der Waals surface area contributed by atoms with Crippen LogP contribution in [-0.2, 0) is 16.6 Å². The van der Waals surface area contributed by atoms with Crippen LogP contribution in [0, 0.1) is 0 Å². The second kappa shape index (κ2) is 7.26. The number of rotatable bonds is 6. The molecule has 7 heteroatoms. The fourth-order valence-corrected chi connectivity index (χ4v) is 5.69. The Morgan fingerprint density at radius 1 is 1.45 bits per heavy atom. The van der Waals surface area contributed by atoms with Crippen LogP contribution in [0.1, 0.15) is 32.3 Å². The van der Waals surface area contributed by atoms with Gasteiger partial charge in [-0.2, -0.15) is 11.8 Å². The van der Waals surface area contributed by atoms with Gasteiger partial charge in [0.1, 0.15) is 4.21 Å². The van der Waals surface area contributed by atoms with E-state index in [9.17, 15) is 8.42 Å². The van der Waals surface area contributed by atoms with Crippen molar-refractivity contribution in [2.45, 2.75) is 49.5 Å². The van der Waals surface area contributed by atoms with Gasteiger partial charge in [0.2, 0.25) is 10.0 Å². The molecule has 1 saturated heterocycles. The maximum Gasteiger partial charge on any atom is 0.250 e. The summed E-state index contributed by atoms with van der Waals surface area (Å²) in [4.78, 5) is 0. The summed E-state index contributed by atoms with van der Waals surface area (Å²) in [5, 5.41) is 5.21. The number of nitrogens with one attached hydrogen (secondary N) is 2. The minimum Gasteiger partial charge on any atom is -0.310 e. The third-order valence-corrected chi connectivity index (χ3v) is 7.32. The lowest BCUT2D eigenvalue weighted by Crippen LogP contribution is -2.37. The number of thiophene rings is 1. The third-order valence-electron chi connectivity index (χ3n) is 3.09. The second-order valence-corrected chi connectivity index (χ2v) is 9.35. The van der Waals surface area contributed by atoms with E-state index in [4.69, 9.17) is 0 Å². The molecule has 2 rings (SSSR count). The molecule has 1 aromatic heterocycles. The van der Waals surface area contributed by atoms with Crippen LogP contribution in [0.25, 0.3) is 0 Å². The molecular formula is C13H22N2O2S3. The molecule has 114 valence electrons. The predicted octanol–water partition coefficient (Wildman–Crippen LogP) is 2.42. The first-order valence-corrected chi connectivity index (χ1v) is 10.4. The first kappa shape index (κ1) is 16.3. The molecule has 0 radical (unpaired) electrons. The predicted molar refractivity (Wildman–Crippen MR) is 87.0 cm³/mol. The van der Waals surface area contributed by atoms with Gasteiger partial charge < -0.3 is 5.32 Å². The molecule has 0 aromatic carbocycles. The van der Waals surface area contributed by atoms with Crippen molar-refractivity contribution in [2.24, 2.45) is 0 Å². The SMILES string of the molecule is CC(C)NCc1csc(S(=O)(=O)NC2CCCSC2)c1. The van der Waals surface area contributed by atoms with Gasteiger partial charge in [-0.1, -0.05) is 13.8 Å². The molecular weight excluding hydrogens is 312 g/mol. The fraction of sp³-hybridized carbons (Fsp3) is 0.692. The van der Waals surface area contributed by atoms with E-state index >= 15 is 0 Å². The fourth-order valence-electron chi connectivity index (χ4n) is 2.02. The lowest BCUT2D eigenvalue weighted by molar-refractivity contribution is 0.544. The zero-order valence-electron chi connectivity index (χ0n) is 11.9. The largest absolute Gasteiger partial charge is 0.310 e. The summed E-state index contributed by atoms with van der Waals surface area (Å²) in [5.74, 6) is 2.02. The van der Waals surface area contributed by atoms with Crippen molar-refractivity contribution in [1.82, 2.24) is 10.0 Å². The van der Waals surface area contributed by atoms with Gasteiger partial charge >= 0.3 is 0 Å². The molecule has 0 bridgehead atoms. The quantitative estimate of drug-likeness (QED) is 0.839. The van der Waals surface area contributed by atoms with Crippen molar-refractivity contribution in [3.05, 3.63) is 17.0 Å². The summed E-state index contributed by atoms with van der Waals surface area (Å²) in [5.41, 5.74) is 1.03. The van der Waals surface area contributed by atoms with E-state index in [0.717, 1.165) is 29.9 Å². The maximum atomic E-state index is 12.3. The second-order valence-electron chi connectivity index (χ2n) is 5.34. The average Bonchev–Trinajstić information content (AvgIpc) is 2.86. The van der Waals surface area contributed by atoms with Gasteiger partial charge in [0.15, 0.2) is 0 Å². The lowest BCUT2D eigenvalue weighted by atomic mass is 10.2. The zero-order chi connectivity index (χ0) is 14.6. The Hall–Kier alpha value is -0.0800. The highest BCUT2D eigenvalue weighted by Gasteiger charge is 2.23. The van der Waals surface area contributed by atoms with Crippen molar-refractivity contribution in [3.8, 4) is 0 Å². The molecule has 1 aliphatic rings. The normalized spacial score (nSPS) is 20.4. The Balaban J connectivity index is 1.98. The van der Waals surface area contributed by atoms with E-state index in [1.54, 1.807) is 6.07 Å². The number of hydrogen-bond donors (Lipinski definition) is 2. The Morgan fingerprint density at radius 2 is 2.25 bits per heavy atom. The van der Waals surface area contributed by atoms with Crippen LogP contribution in [0.5, 0.6) is 0 Å². The molecule has 0 saturated carbocycles. The van der Waals surface area contributed by atoms with Crippen LogP contribution in [0.4, 0.5) is 0 Å². The van der Waals surface area contributed by atoms with Gasteiger partial charge in [-0.05, 0) is 35.6 Å². The van der Waals surface area contributed by atoms with Crippen LogP contribution in [-0.4, -0.2) is 32.0 Å². The van der Waals surface area contributed by atoms with Gasteiger partial charge in [-0.15, -0.1) is 11.3 Å². The number of sulfonamides is 1. The van der Waals surface area contributed by atoms with E-state index in [0.29, 0.717) is 16.8 Å². The number of thioether (sulfide) groups is 1. The summed E-state index contributed by atoms with van der Waals surface area (Å²) < 4.78 is 27.9. The van der Waals surface area contributed by atoms with E-state index < -0.39 is 10.0 Å². The monoisotopic (exact) mass is 334 g/mol. The lowest BCUT2D eigenvalue weighted by Gasteiger charge is -2.21.